The van der Waals surface area contributed by atoms with Crippen LogP contribution in [-0.2, 0) is 13.0 Å². The standard InChI is InChI=1S/C18H31N3/c1-5-7-19-11-16-9-17(6-2)20-18(10-16)21-12-14(3)8-15(4)13-21/h9-10,14-15,19H,5-8,11-13H2,1-4H3. The Morgan fingerprint density at radius 1 is 1.19 bits per heavy atom. The minimum absolute atomic E-state index is 0.766. The van der Waals surface area contributed by atoms with Crippen molar-refractivity contribution in [2.24, 2.45) is 11.8 Å². The van der Waals surface area contributed by atoms with Crippen LogP contribution >= 0.6 is 0 Å². The van der Waals surface area contributed by atoms with Crippen LogP contribution in [0.1, 0.15) is 51.8 Å². The molecule has 21 heavy (non-hydrogen) atoms. The smallest absolute Gasteiger partial charge is 0.129 e. The summed E-state index contributed by atoms with van der Waals surface area (Å²) in [6.07, 6.45) is 3.53. The van der Waals surface area contributed by atoms with Gasteiger partial charge in [-0.05, 0) is 55.3 Å². The third-order valence-corrected chi connectivity index (χ3v) is 4.24. The Morgan fingerprint density at radius 2 is 1.90 bits per heavy atom. The number of pyridine rings is 1. The highest BCUT2D eigenvalue weighted by Gasteiger charge is 2.23. The lowest BCUT2D eigenvalue weighted by Crippen LogP contribution is -2.39. The molecule has 2 unspecified atom stereocenters. The zero-order valence-electron chi connectivity index (χ0n) is 14.2. The van der Waals surface area contributed by atoms with Crippen molar-refractivity contribution < 1.29 is 0 Å². The molecular formula is C18H31N3. The molecule has 1 saturated heterocycles. The first-order chi connectivity index (χ1) is 10.1. The third-order valence-electron chi connectivity index (χ3n) is 4.24. The summed E-state index contributed by atoms with van der Waals surface area (Å²) in [5.74, 6) is 2.71. The van der Waals surface area contributed by atoms with Crippen LogP contribution in [0.5, 0.6) is 0 Å². The highest BCUT2D eigenvalue weighted by atomic mass is 15.2. The number of piperidine rings is 1. The third kappa shape index (κ3) is 4.70. The molecule has 2 heterocycles. The Hall–Kier alpha value is -1.09. The number of rotatable bonds is 6. The van der Waals surface area contributed by atoms with E-state index in [9.17, 15) is 0 Å². The lowest BCUT2D eigenvalue weighted by molar-refractivity contribution is 0.355. The predicted molar refractivity (Wildman–Crippen MR) is 90.8 cm³/mol. The van der Waals surface area contributed by atoms with Crippen LogP contribution in [0.15, 0.2) is 12.1 Å². The maximum atomic E-state index is 4.87. The number of aromatic nitrogens is 1. The Balaban J connectivity index is 2.15. The molecule has 0 aromatic carbocycles. The highest BCUT2D eigenvalue weighted by Crippen LogP contribution is 2.26. The minimum atomic E-state index is 0.766. The van der Waals surface area contributed by atoms with Crippen LogP contribution in [0.2, 0.25) is 0 Å². The molecule has 0 bridgehead atoms. The maximum Gasteiger partial charge on any atom is 0.129 e. The molecule has 0 radical (unpaired) electrons. The summed E-state index contributed by atoms with van der Waals surface area (Å²) < 4.78 is 0. The number of anilines is 1. The Bertz CT molecular complexity index is 434. The molecule has 1 aromatic heterocycles. The molecule has 0 amide bonds. The Labute approximate surface area is 130 Å². The van der Waals surface area contributed by atoms with Crippen LogP contribution in [0.25, 0.3) is 0 Å². The first-order valence-electron chi connectivity index (χ1n) is 8.57. The highest BCUT2D eigenvalue weighted by molar-refractivity contribution is 5.43. The van der Waals surface area contributed by atoms with Gasteiger partial charge in [-0.1, -0.05) is 27.7 Å². The summed E-state index contributed by atoms with van der Waals surface area (Å²) in [4.78, 5) is 7.36. The molecule has 0 saturated carbocycles. The number of nitrogens with zero attached hydrogens (tertiary/aromatic N) is 2. The second-order valence-electron chi connectivity index (χ2n) is 6.71. The molecule has 1 N–H and O–H groups in total. The quantitative estimate of drug-likeness (QED) is 0.811. The predicted octanol–water partition coefficient (Wildman–Crippen LogP) is 3.63. The topological polar surface area (TPSA) is 28.2 Å². The Morgan fingerprint density at radius 3 is 2.52 bits per heavy atom. The normalized spacial score (nSPS) is 22.6. The van der Waals surface area contributed by atoms with Gasteiger partial charge >= 0.3 is 0 Å². The van der Waals surface area contributed by atoms with Crippen molar-refractivity contribution in [3.8, 4) is 0 Å². The van der Waals surface area contributed by atoms with E-state index in [1.807, 2.05) is 0 Å². The zero-order chi connectivity index (χ0) is 15.2. The molecular weight excluding hydrogens is 258 g/mol. The van der Waals surface area contributed by atoms with Crippen LogP contribution in [-0.4, -0.2) is 24.6 Å². The molecule has 1 aromatic rings. The molecule has 118 valence electrons. The molecule has 0 spiro atoms. The van der Waals surface area contributed by atoms with Gasteiger partial charge in [-0.2, -0.15) is 0 Å². The first-order valence-corrected chi connectivity index (χ1v) is 8.57. The molecule has 2 atom stereocenters. The summed E-state index contributed by atoms with van der Waals surface area (Å²) in [6.45, 7) is 13.4. The maximum absolute atomic E-state index is 4.87. The fraction of sp³-hybridized carbons (Fsp3) is 0.722. The van der Waals surface area contributed by atoms with Crippen LogP contribution < -0.4 is 10.2 Å². The molecule has 1 fully saturated rings. The van der Waals surface area contributed by atoms with Crippen LogP contribution in [0.4, 0.5) is 5.82 Å². The lowest BCUT2D eigenvalue weighted by atomic mass is 9.92. The van der Waals surface area contributed by atoms with Gasteiger partial charge in [-0.15, -0.1) is 0 Å². The molecule has 1 aliphatic heterocycles. The van der Waals surface area contributed by atoms with E-state index in [2.05, 4.69) is 50.0 Å². The largest absolute Gasteiger partial charge is 0.356 e. The van der Waals surface area contributed by atoms with Gasteiger partial charge in [0.25, 0.3) is 0 Å². The van der Waals surface area contributed by atoms with Gasteiger partial charge < -0.3 is 10.2 Å². The number of hydrogen-bond donors (Lipinski definition) is 1. The number of aryl methyl sites for hydroxylation is 1. The summed E-state index contributed by atoms with van der Waals surface area (Å²) in [5.41, 5.74) is 2.59. The second-order valence-corrected chi connectivity index (χ2v) is 6.71. The van der Waals surface area contributed by atoms with E-state index in [-0.39, 0.29) is 0 Å². The van der Waals surface area contributed by atoms with E-state index in [1.54, 1.807) is 0 Å². The van der Waals surface area contributed by atoms with Crippen molar-refractivity contribution in [1.29, 1.82) is 0 Å². The number of nitrogens with one attached hydrogen (secondary N) is 1. The SMILES string of the molecule is CCCNCc1cc(CC)nc(N2CC(C)CC(C)C2)c1. The van der Waals surface area contributed by atoms with Crippen LogP contribution in [0.3, 0.4) is 0 Å². The van der Waals surface area contributed by atoms with Crippen molar-refractivity contribution in [1.82, 2.24) is 10.3 Å². The summed E-state index contributed by atoms with van der Waals surface area (Å²) >= 11 is 0. The van der Waals surface area contributed by atoms with Gasteiger partial charge in [0.1, 0.15) is 5.82 Å². The average molecular weight is 289 g/mol. The van der Waals surface area contributed by atoms with Gasteiger partial charge in [0.05, 0.1) is 0 Å². The second kappa shape index (κ2) is 7.79. The van der Waals surface area contributed by atoms with Gasteiger partial charge in [-0.3, -0.25) is 0 Å². The monoisotopic (exact) mass is 289 g/mol. The zero-order valence-corrected chi connectivity index (χ0v) is 14.2. The van der Waals surface area contributed by atoms with Crippen molar-refractivity contribution in [3.05, 3.63) is 23.4 Å². The van der Waals surface area contributed by atoms with Crippen molar-refractivity contribution in [3.63, 3.8) is 0 Å². The van der Waals surface area contributed by atoms with Gasteiger partial charge in [0.2, 0.25) is 0 Å². The van der Waals surface area contributed by atoms with Crippen LogP contribution in [0, 0.1) is 11.8 Å². The average Bonchev–Trinajstić information content (AvgIpc) is 2.46. The van der Waals surface area contributed by atoms with Crippen molar-refractivity contribution in [2.45, 2.75) is 53.5 Å². The van der Waals surface area contributed by atoms with Gasteiger partial charge in [0.15, 0.2) is 0 Å². The fourth-order valence-corrected chi connectivity index (χ4v) is 3.34. The first kappa shape index (κ1) is 16.3. The minimum Gasteiger partial charge on any atom is -0.356 e. The van der Waals surface area contributed by atoms with E-state index in [0.717, 1.165) is 44.4 Å². The van der Waals surface area contributed by atoms with E-state index >= 15 is 0 Å². The van der Waals surface area contributed by atoms with Crippen molar-refractivity contribution in [2.75, 3.05) is 24.5 Å². The van der Waals surface area contributed by atoms with E-state index in [0.29, 0.717) is 0 Å². The van der Waals surface area contributed by atoms with E-state index < -0.39 is 0 Å². The fourth-order valence-electron chi connectivity index (χ4n) is 3.34. The van der Waals surface area contributed by atoms with Gasteiger partial charge in [-0.25, -0.2) is 4.98 Å². The van der Waals surface area contributed by atoms with E-state index in [4.69, 9.17) is 4.98 Å². The molecule has 1 aliphatic rings. The summed E-state index contributed by atoms with van der Waals surface area (Å²) in [5, 5.41) is 3.50. The van der Waals surface area contributed by atoms with Crippen molar-refractivity contribution >= 4 is 5.82 Å². The summed E-state index contributed by atoms with van der Waals surface area (Å²) in [6, 6.07) is 4.54. The lowest BCUT2D eigenvalue weighted by Gasteiger charge is -2.36. The molecule has 0 aliphatic carbocycles. The van der Waals surface area contributed by atoms with E-state index in [1.165, 1.54) is 29.9 Å². The number of hydrogen-bond acceptors (Lipinski definition) is 3. The summed E-state index contributed by atoms with van der Waals surface area (Å²) in [7, 11) is 0. The van der Waals surface area contributed by atoms with Gasteiger partial charge in [0, 0.05) is 25.3 Å². The molecule has 3 nitrogen and oxygen atoms in total. The molecule has 3 heteroatoms. The molecule has 2 rings (SSSR count). The Kier molecular flexibility index (Phi) is 6.04.